The maximum absolute atomic E-state index is 8.93. The van der Waals surface area contributed by atoms with E-state index in [2.05, 4.69) is 23.0 Å². The summed E-state index contributed by atoms with van der Waals surface area (Å²) >= 11 is 1.68. The number of nitriles is 1. The summed E-state index contributed by atoms with van der Waals surface area (Å²) < 4.78 is 0. The van der Waals surface area contributed by atoms with Crippen LogP contribution in [0.15, 0.2) is 5.16 Å². The zero-order valence-corrected chi connectivity index (χ0v) is 12.7. The van der Waals surface area contributed by atoms with Gasteiger partial charge in [-0.15, -0.1) is 0 Å². The van der Waals surface area contributed by atoms with Crippen molar-refractivity contribution in [2.24, 2.45) is 5.41 Å². The van der Waals surface area contributed by atoms with Crippen molar-refractivity contribution in [1.29, 1.82) is 5.26 Å². The molecule has 0 radical (unpaired) electrons. The molecule has 18 heavy (non-hydrogen) atoms. The highest BCUT2D eigenvalue weighted by Gasteiger charge is 2.15. The fourth-order valence-corrected chi connectivity index (χ4v) is 2.41. The molecule has 0 aliphatic heterocycles. The van der Waals surface area contributed by atoms with Crippen molar-refractivity contribution in [3.8, 4) is 6.07 Å². The second kappa shape index (κ2) is 6.19. The molecule has 0 aromatic carbocycles. The van der Waals surface area contributed by atoms with Crippen molar-refractivity contribution in [3.63, 3.8) is 0 Å². The minimum absolute atomic E-state index is 0.222. The molecule has 1 heterocycles. The molecule has 1 aromatic rings. The van der Waals surface area contributed by atoms with E-state index in [9.17, 15) is 0 Å². The standard InChI is InChI=1S/C14H21N3S/c1-10-11(2)16-13(17-12(10)3)18-8-6-7-14(4,5)9-15/h6-8H2,1-5H3. The molecule has 98 valence electrons. The smallest absolute Gasteiger partial charge is 0.187 e. The molecule has 0 atom stereocenters. The number of hydrogen-bond acceptors (Lipinski definition) is 4. The van der Waals surface area contributed by atoms with Gasteiger partial charge in [-0.05, 0) is 53.0 Å². The molecule has 1 aromatic heterocycles. The van der Waals surface area contributed by atoms with Crippen molar-refractivity contribution in [3.05, 3.63) is 17.0 Å². The average molecular weight is 263 g/mol. The number of hydrogen-bond donors (Lipinski definition) is 0. The summed E-state index contributed by atoms with van der Waals surface area (Å²) in [4.78, 5) is 8.95. The maximum atomic E-state index is 8.93. The topological polar surface area (TPSA) is 49.6 Å². The molecular weight excluding hydrogens is 242 g/mol. The van der Waals surface area contributed by atoms with Crippen LogP contribution >= 0.6 is 11.8 Å². The van der Waals surface area contributed by atoms with Crippen LogP contribution in [0.3, 0.4) is 0 Å². The van der Waals surface area contributed by atoms with Crippen LogP contribution < -0.4 is 0 Å². The van der Waals surface area contributed by atoms with Gasteiger partial charge in [0.05, 0.1) is 11.5 Å². The Morgan fingerprint density at radius 3 is 2.22 bits per heavy atom. The maximum Gasteiger partial charge on any atom is 0.187 e. The number of rotatable bonds is 5. The number of nitrogens with zero attached hydrogens (tertiary/aromatic N) is 3. The third kappa shape index (κ3) is 4.30. The van der Waals surface area contributed by atoms with Gasteiger partial charge in [0, 0.05) is 17.1 Å². The monoisotopic (exact) mass is 263 g/mol. The van der Waals surface area contributed by atoms with Gasteiger partial charge in [-0.2, -0.15) is 5.26 Å². The van der Waals surface area contributed by atoms with E-state index in [1.165, 1.54) is 5.56 Å². The fourth-order valence-electron chi connectivity index (χ4n) is 1.54. The lowest BCUT2D eigenvalue weighted by Gasteiger charge is -2.14. The highest BCUT2D eigenvalue weighted by Crippen LogP contribution is 2.24. The molecule has 0 aliphatic rings. The summed E-state index contributed by atoms with van der Waals surface area (Å²) in [7, 11) is 0. The molecule has 4 heteroatoms. The van der Waals surface area contributed by atoms with Crippen molar-refractivity contribution < 1.29 is 0 Å². The quantitative estimate of drug-likeness (QED) is 0.460. The lowest BCUT2D eigenvalue weighted by molar-refractivity contribution is 0.447. The first kappa shape index (κ1) is 15.0. The highest BCUT2D eigenvalue weighted by molar-refractivity contribution is 7.99. The third-order valence-corrected chi connectivity index (χ3v) is 4.03. The second-order valence-corrected chi connectivity index (χ2v) is 6.31. The van der Waals surface area contributed by atoms with E-state index >= 15 is 0 Å². The Labute approximate surface area is 114 Å². The van der Waals surface area contributed by atoms with Gasteiger partial charge in [0.15, 0.2) is 5.16 Å². The van der Waals surface area contributed by atoms with E-state index in [0.717, 1.165) is 35.1 Å². The van der Waals surface area contributed by atoms with Crippen LogP contribution in [0.2, 0.25) is 0 Å². The zero-order valence-electron chi connectivity index (χ0n) is 11.9. The largest absolute Gasteiger partial charge is 0.228 e. The van der Waals surface area contributed by atoms with Crippen LogP contribution in [0.5, 0.6) is 0 Å². The van der Waals surface area contributed by atoms with E-state index in [0.29, 0.717) is 0 Å². The summed E-state index contributed by atoms with van der Waals surface area (Å²) in [5.41, 5.74) is 3.07. The van der Waals surface area contributed by atoms with E-state index in [-0.39, 0.29) is 5.41 Å². The van der Waals surface area contributed by atoms with Gasteiger partial charge >= 0.3 is 0 Å². The molecule has 0 amide bonds. The van der Waals surface area contributed by atoms with Crippen molar-refractivity contribution >= 4 is 11.8 Å². The van der Waals surface area contributed by atoms with Crippen LogP contribution in [-0.4, -0.2) is 15.7 Å². The van der Waals surface area contributed by atoms with Gasteiger partial charge in [0.2, 0.25) is 0 Å². The van der Waals surface area contributed by atoms with Gasteiger partial charge in [-0.1, -0.05) is 11.8 Å². The zero-order chi connectivity index (χ0) is 13.8. The number of aryl methyl sites for hydroxylation is 2. The van der Waals surface area contributed by atoms with E-state index in [4.69, 9.17) is 5.26 Å². The molecule has 0 saturated heterocycles. The molecule has 0 unspecified atom stereocenters. The lowest BCUT2D eigenvalue weighted by Crippen LogP contribution is -2.07. The van der Waals surface area contributed by atoms with E-state index < -0.39 is 0 Å². The Morgan fingerprint density at radius 1 is 1.17 bits per heavy atom. The van der Waals surface area contributed by atoms with Gasteiger partial charge in [0.25, 0.3) is 0 Å². The minimum atomic E-state index is -0.222. The number of aromatic nitrogens is 2. The minimum Gasteiger partial charge on any atom is -0.228 e. The Bertz CT molecular complexity index is 438. The van der Waals surface area contributed by atoms with Gasteiger partial charge < -0.3 is 0 Å². The molecule has 0 saturated carbocycles. The third-order valence-electron chi connectivity index (χ3n) is 3.09. The first-order chi connectivity index (χ1) is 8.35. The molecule has 1 rings (SSSR count). The number of thioether (sulfide) groups is 1. The molecular formula is C14H21N3S. The lowest BCUT2D eigenvalue weighted by atomic mass is 9.90. The average Bonchev–Trinajstić information content (AvgIpc) is 2.31. The van der Waals surface area contributed by atoms with Gasteiger partial charge in [-0.25, -0.2) is 9.97 Å². The molecule has 0 fully saturated rings. The summed E-state index contributed by atoms with van der Waals surface area (Å²) in [5, 5.41) is 9.78. The first-order valence-electron chi connectivity index (χ1n) is 6.21. The van der Waals surface area contributed by atoms with Crippen LogP contribution in [-0.2, 0) is 0 Å². The van der Waals surface area contributed by atoms with Crippen molar-refractivity contribution in [1.82, 2.24) is 9.97 Å². The Balaban J connectivity index is 2.48. The summed E-state index contributed by atoms with van der Waals surface area (Å²) in [6, 6.07) is 2.33. The second-order valence-electron chi connectivity index (χ2n) is 5.25. The van der Waals surface area contributed by atoms with Crippen LogP contribution in [0.4, 0.5) is 0 Å². The Morgan fingerprint density at radius 2 is 1.72 bits per heavy atom. The highest BCUT2D eigenvalue weighted by atomic mass is 32.2. The van der Waals surface area contributed by atoms with Crippen LogP contribution in [0.25, 0.3) is 0 Å². The van der Waals surface area contributed by atoms with E-state index in [1.54, 1.807) is 11.8 Å². The van der Waals surface area contributed by atoms with E-state index in [1.807, 2.05) is 27.7 Å². The van der Waals surface area contributed by atoms with Crippen LogP contribution in [0.1, 0.15) is 43.6 Å². The predicted molar refractivity (Wildman–Crippen MR) is 75.6 cm³/mol. The molecule has 0 aliphatic carbocycles. The molecule has 0 bridgehead atoms. The van der Waals surface area contributed by atoms with Crippen molar-refractivity contribution in [2.45, 2.75) is 52.6 Å². The van der Waals surface area contributed by atoms with Gasteiger partial charge in [0.1, 0.15) is 0 Å². The predicted octanol–water partition coefficient (Wildman–Crippen LogP) is 3.82. The molecule has 0 N–H and O–H groups in total. The van der Waals surface area contributed by atoms with Crippen molar-refractivity contribution in [2.75, 3.05) is 5.75 Å². The Hall–Kier alpha value is -1.08. The SMILES string of the molecule is Cc1nc(SCCCC(C)(C)C#N)nc(C)c1C. The molecule has 3 nitrogen and oxygen atoms in total. The summed E-state index contributed by atoms with van der Waals surface area (Å²) in [6.07, 6.45) is 1.93. The first-order valence-corrected chi connectivity index (χ1v) is 7.20. The summed E-state index contributed by atoms with van der Waals surface area (Å²) in [5.74, 6) is 0.965. The Kier molecular flexibility index (Phi) is 5.15. The van der Waals surface area contributed by atoms with Crippen LogP contribution in [0, 0.1) is 37.5 Å². The summed E-state index contributed by atoms with van der Waals surface area (Å²) in [6.45, 7) is 10.1. The molecule has 0 spiro atoms. The fraction of sp³-hybridized carbons (Fsp3) is 0.643. The normalized spacial score (nSPS) is 11.3. The van der Waals surface area contributed by atoms with Gasteiger partial charge in [-0.3, -0.25) is 0 Å².